The number of epoxide rings is 1. The minimum absolute atomic E-state index is 0.128. The number of hydrogen-bond donors (Lipinski definition) is 1. The Hall–Kier alpha value is 0.360. The van der Waals surface area contributed by atoms with Crippen LogP contribution < -0.4 is 0 Å². The molecule has 1 aliphatic heterocycles. The third kappa shape index (κ3) is 1.55. The molecule has 1 fully saturated rings. The highest BCUT2D eigenvalue weighted by Gasteiger charge is 2.75. The molecule has 3 rings (SSSR count). The highest BCUT2D eigenvalue weighted by Crippen LogP contribution is 2.71. The lowest BCUT2D eigenvalue weighted by molar-refractivity contribution is -0.0986. The Labute approximate surface area is 131 Å². The molecule has 106 valence electrons. The zero-order valence-corrected chi connectivity index (χ0v) is 14.9. The van der Waals surface area contributed by atoms with Gasteiger partial charge < -0.3 is 9.84 Å². The van der Waals surface area contributed by atoms with Crippen LogP contribution in [0.15, 0.2) is 20.6 Å². The number of aliphatic hydroxyl groups excluding tert-OH is 1. The summed E-state index contributed by atoms with van der Waals surface area (Å²) in [5.41, 5.74) is 0.567. The Morgan fingerprint density at radius 1 is 1.32 bits per heavy atom. The van der Waals surface area contributed by atoms with Gasteiger partial charge in [-0.1, -0.05) is 51.3 Å². The molecule has 0 aromatic heterocycles. The number of ether oxygens (including phenoxy) is 1. The molecule has 0 radical (unpaired) electrons. The lowest BCUT2D eigenvalue weighted by Gasteiger charge is -2.56. The normalized spacial score (nSPS) is 48.1. The summed E-state index contributed by atoms with van der Waals surface area (Å²) in [6, 6.07) is 0. The Balaban J connectivity index is 2.19. The molecule has 4 heteroatoms. The maximum Gasteiger partial charge on any atom is 0.107 e. The minimum atomic E-state index is -0.375. The first-order valence-corrected chi connectivity index (χ1v) is 8.33. The standard InChI is InChI=1S/C15H20Br2O2/c1-8-5-11(18)15(7-9(8)16)13(2,3)10(17)6-12-14(15,4)19-12/h6,11-12,18H,5,7H2,1-4H3. The molecule has 3 aliphatic rings. The van der Waals surface area contributed by atoms with Gasteiger partial charge in [0.1, 0.15) is 11.7 Å². The predicted molar refractivity (Wildman–Crippen MR) is 83.4 cm³/mol. The topological polar surface area (TPSA) is 32.8 Å². The summed E-state index contributed by atoms with van der Waals surface area (Å²) in [5.74, 6) is 0. The van der Waals surface area contributed by atoms with Crippen molar-refractivity contribution in [2.75, 3.05) is 0 Å². The second-order valence-corrected chi connectivity index (χ2v) is 8.65. The fraction of sp³-hybridized carbons (Fsp3) is 0.733. The zero-order chi connectivity index (χ0) is 14.2. The van der Waals surface area contributed by atoms with E-state index in [-0.39, 0.29) is 28.6 Å². The van der Waals surface area contributed by atoms with E-state index < -0.39 is 0 Å². The SMILES string of the molecule is CC1=C(Br)CC2(C(O)C1)C(C)(C)C(Br)=CC1OC12C. The first-order valence-electron chi connectivity index (χ1n) is 6.74. The molecule has 19 heavy (non-hydrogen) atoms. The van der Waals surface area contributed by atoms with Gasteiger partial charge in [-0.2, -0.15) is 0 Å². The van der Waals surface area contributed by atoms with Crippen LogP contribution in [0, 0.1) is 10.8 Å². The summed E-state index contributed by atoms with van der Waals surface area (Å²) in [4.78, 5) is 0. The zero-order valence-electron chi connectivity index (χ0n) is 11.8. The van der Waals surface area contributed by atoms with E-state index >= 15 is 0 Å². The number of aliphatic hydroxyl groups is 1. The van der Waals surface area contributed by atoms with Gasteiger partial charge in [0.15, 0.2) is 0 Å². The van der Waals surface area contributed by atoms with E-state index in [0.717, 1.165) is 17.3 Å². The second kappa shape index (κ2) is 3.96. The maximum atomic E-state index is 10.9. The molecular weight excluding hydrogens is 372 g/mol. The maximum absolute atomic E-state index is 10.9. The molecule has 0 amide bonds. The van der Waals surface area contributed by atoms with Gasteiger partial charge in [0.05, 0.1) is 6.10 Å². The van der Waals surface area contributed by atoms with Gasteiger partial charge in [-0.05, 0) is 37.2 Å². The van der Waals surface area contributed by atoms with Gasteiger partial charge in [0.2, 0.25) is 0 Å². The third-order valence-corrected chi connectivity index (χ3v) is 7.93. The summed E-state index contributed by atoms with van der Waals surface area (Å²) in [7, 11) is 0. The molecule has 1 saturated heterocycles. The van der Waals surface area contributed by atoms with Crippen molar-refractivity contribution in [1.29, 1.82) is 0 Å². The predicted octanol–water partition coefficient (Wildman–Crippen LogP) is 4.27. The Bertz CT molecular complexity index is 508. The molecule has 1 heterocycles. The lowest BCUT2D eigenvalue weighted by atomic mass is 9.49. The minimum Gasteiger partial charge on any atom is -0.392 e. The molecule has 1 spiro atoms. The Morgan fingerprint density at radius 3 is 2.58 bits per heavy atom. The van der Waals surface area contributed by atoms with Crippen LogP contribution in [0.3, 0.4) is 0 Å². The quantitative estimate of drug-likeness (QED) is 0.625. The average Bonchev–Trinajstić information content (AvgIpc) is 2.94. The lowest BCUT2D eigenvalue weighted by Crippen LogP contribution is -2.59. The van der Waals surface area contributed by atoms with Crippen LogP contribution in [-0.2, 0) is 4.74 Å². The van der Waals surface area contributed by atoms with Crippen molar-refractivity contribution in [3.8, 4) is 0 Å². The number of hydrogen-bond acceptors (Lipinski definition) is 2. The number of allylic oxidation sites excluding steroid dienone is 2. The molecule has 4 atom stereocenters. The van der Waals surface area contributed by atoms with Gasteiger partial charge >= 0.3 is 0 Å². The van der Waals surface area contributed by atoms with E-state index in [1.165, 1.54) is 10.1 Å². The summed E-state index contributed by atoms with van der Waals surface area (Å²) >= 11 is 7.42. The van der Waals surface area contributed by atoms with Gasteiger partial charge in [-0.3, -0.25) is 0 Å². The van der Waals surface area contributed by atoms with Crippen molar-refractivity contribution in [3.63, 3.8) is 0 Å². The molecule has 0 aromatic carbocycles. The molecule has 4 unspecified atom stereocenters. The fourth-order valence-corrected chi connectivity index (χ4v) is 5.39. The van der Waals surface area contributed by atoms with Crippen LogP contribution in [-0.4, -0.2) is 22.9 Å². The van der Waals surface area contributed by atoms with Crippen LogP contribution in [0.25, 0.3) is 0 Å². The summed E-state index contributed by atoms with van der Waals surface area (Å²) < 4.78 is 8.39. The van der Waals surface area contributed by atoms with Crippen LogP contribution in [0.2, 0.25) is 0 Å². The Kier molecular flexibility index (Phi) is 2.98. The van der Waals surface area contributed by atoms with Crippen LogP contribution >= 0.6 is 31.9 Å². The van der Waals surface area contributed by atoms with Crippen molar-refractivity contribution in [1.82, 2.24) is 0 Å². The fourth-order valence-electron chi connectivity index (χ4n) is 4.19. The smallest absolute Gasteiger partial charge is 0.107 e. The van der Waals surface area contributed by atoms with Crippen LogP contribution in [0.5, 0.6) is 0 Å². The van der Waals surface area contributed by atoms with E-state index in [9.17, 15) is 5.11 Å². The van der Waals surface area contributed by atoms with E-state index in [4.69, 9.17) is 4.74 Å². The van der Waals surface area contributed by atoms with Gasteiger partial charge in [-0.15, -0.1) is 0 Å². The van der Waals surface area contributed by atoms with E-state index in [1.54, 1.807) is 0 Å². The molecular formula is C15H20Br2O2. The van der Waals surface area contributed by atoms with Crippen LogP contribution in [0.1, 0.15) is 40.5 Å². The second-order valence-electron chi connectivity index (χ2n) is 6.84. The van der Waals surface area contributed by atoms with Crippen molar-refractivity contribution in [3.05, 3.63) is 20.6 Å². The van der Waals surface area contributed by atoms with Crippen molar-refractivity contribution in [2.24, 2.45) is 10.8 Å². The molecule has 2 aliphatic carbocycles. The average molecular weight is 392 g/mol. The number of fused-ring (bicyclic) bond motifs is 2. The molecule has 1 N–H and O–H groups in total. The summed E-state index contributed by atoms with van der Waals surface area (Å²) in [5, 5.41) is 10.9. The molecule has 0 aromatic rings. The number of rotatable bonds is 0. The van der Waals surface area contributed by atoms with Gasteiger partial charge in [0.25, 0.3) is 0 Å². The Morgan fingerprint density at radius 2 is 1.95 bits per heavy atom. The summed E-state index contributed by atoms with van der Waals surface area (Å²) in [6.07, 6.45) is 3.47. The third-order valence-electron chi connectivity index (χ3n) is 5.72. The van der Waals surface area contributed by atoms with Gasteiger partial charge in [0, 0.05) is 15.3 Å². The summed E-state index contributed by atoms with van der Waals surface area (Å²) in [6.45, 7) is 8.66. The van der Waals surface area contributed by atoms with Crippen LogP contribution in [0.4, 0.5) is 0 Å². The highest BCUT2D eigenvalue weighted by atomic mass is 79.9. The highest BCUT2D eigenvalue weighted by molar-refractivity contribution is 9.12. The first kappa shape index (κ1) is 14.3. The van der Waals surface area contributed by atoms with E-state index in [0.29, 0.717) is 0 Å². The van der Waals surface area contributed by atoms with E-state index in [1.807, 2.05) is 0 Å². The van der Waals surface area contributed by atoms with E-state index in [2.05, 4.69) is 65.6 Å². The largest absolute Gasteiger partial charge is 0.392 e. The molecule has 2 nitrogen and oxygen atoms in total. The monoisotopic (exact) mass is 390 g/mol. The van der Waals surface area contributed by atoms with Crippen molar-refractivity contribution < 1.29 is 9.84 Å². The van der Waals surface area contributed by atoms with Gasteiger partial charge in [-0.25, -0.2) is 0 Å². The molecule has 0 bridgehead atoms. The van der Waals surface area contributed by atoms with Crippen molar-refractivity contribution >= 4 is 31.9 Å². The first-order chi connectivity index (χ1) is 8.67. The number of halogens is 2. The van der Waals surface area contributed by atoms with Crippen molar-refractivity contribution in [2.45, 2.75) is 58.3 Å². The molecule has 0 saturated carbocycles.